The van der Waals surface area contributed by atoms with Crippen LogP contribution in [0.4, 0.5) is 13.2 Å². The molecule has 0 radical (unpaired) electrons. The molecule has 0 aliphatic heterocycles. The number of halogens is 3. The summed E-state index contributed by atoms with van der Waals surface area (Å²) in [5, 5.41) is 16.1. The molecule has 0 saturated carbocycles. The molecule has 0 amide bonds. The number of carboxylic acids is 1. The van der Waals surface area contributed by atoms with Crippen molar-refractivity contribution in [3.63, 3.8) is 0 Å². The summed E-state index contributed by atoms with van der Waals surface area (Å²) >= 11 is 0. The molecule has 0 aliphatic rings. The Morgan fingerprint density at radius 2 is 1.90 bits per heavy atom. The van der Waals surface area contributed by atoms with Crippen LogP contribution in [0.1, 0.15) is 41.5 Å². The Bertz CT molecular complexity index is 678. The number of carboxylic acid groups (broad SMARTS) is 1. The summed E-state index contributed by atoms with van der Waals surface area (Å²) in [5.74, 6) is -1.68. The third kappa shape index (κ3) is 2.74. The van der Waals surface area contributed by atoms with E-state index < -0.39 is 17.7 Å². The summed E-state index contributed by atoms with van der Waals surface area (Å²) < 4.78 is 40.1. The van der Waals surface area contributed by atoms with E-state index in [4.69, 9.17) is 5.11 Å². The van der Waals surface area contributed by atoms with Gasteiger partial charge in [0.15, 0.2) is 5.69 Å². The van der Waals surface area contributed by atoms with Gasteiger partial charge in [-0.2, -0.15) is 13.2 Å². The molecule has 8 heteroatoms. The fraction of sp³-hybridized carbons (Fsp3) is 0.308. The van der Waals surface area contributed by atoms with Crippen molar-refractivity contribution in [3.8, 4) is 5.69 Å². The molecular weight excluding hydrogens is 287 g/mol. The van der Waals surface area contributed by atoms with Crippen LogP contribution in [0.25, 0.3) is 5.69 Å². The lowest BCUT2D eigenvalue weighted by atomic mass is 10.1. The van der Waals surface area contributed by atoms with E-state index in [0.29, 0.717) is 0 Å². The minimum absolute atomic E-state index is 0.124. The first-order valence-electron chi connectivity index (χ1n) is 6.09. The first-order valence-corrected chi connectivity index (χ1v) is 6.09. The van der Waals surface area contributed by atoms with Gasteiger partial charge in [0.1, 0.15) is 0 Å². The van der Waals surface area contributed by atoms with E-state index in [2.05, 4.69) is 10.3 Å². The van der Waals surface area contributed by atoms with Crippen LogP contribution in [0, 0.1) is 0 Å². The zero-order valence-corrected chi connectivity index (χ0v) is 11.2. The molecule has 1 N–H and O–H groups in total. The fourth-order valence-electron chi connectivity index (χ4n) is 2.04. The number of alkyl halides is 3. The smallest absolute Gasteiger partial charge is 0.418 e. The SMILES string of the molecule is CC(C)c1c(C(=O)O)nnn1-c1ccccc1C(F)(F)F. The van der Waals surface area contributed by atoms with Gasteiger partial charge in [-0.15, -0.1) is 5.10 Å². The topological polar surface area (TPSA) is 68.0 Å². The maximum Gasteiger partial charge on any atom is 0.418 e. The second-order valence-electron chi connectivity index (χ2n) is 4.71. The Morgan fingerprint density at radius 1 is 1.29 bits per heavy atom. The van der Waals surface area contributed by atoms with Gasteiger partial charge in [-0.25, -0.2) is 9.48 Å². The van der Waals surface area contributed by atoms with Gasteiger partial charge in [-0.3, -0.25) is 0 Å². The van der Waals surface area contributed by atoms with Gasteiger partial charge in [-0.1, -0.05) is 31.2 Å². The maximum absolute atomic E-state index is 13.1. The Labute approximate surface area is 118 Å². The highest BCUT2D eigenvalue weighted by Crippen LogP contribution is 2.34. The Kier molecular flexibility index (Phi) is 3.71. The summed E-state index contributed by atoms with van der Waals surface area (Å²) in [7, 11) is 0. The van der Waals surface area contributed by atoms with Crippen LogP contribution in [-0.2, 0) is 6.18 Å². The van der Waals surface area contributed by atoms with E-state index in [-0.39, 0.29) is 23.0 Å². The van der Waals surface area contributed by atoms with Crippen molar-refractivity contribution in [2.24, 2.45) is 0 Å². The third-order valence-electron chi connectivity index (χ3n) is 2.89. The monoisotopic (exact) mass is 299 g/mol. The predicted octanol–water partition coefficient (Wildman–Crippen LogP) is 3.11. The Hall–Kier alpha value is -2.38. The predicted molar refractivity (Wildman–Crippen MR) is 67.4 cm³/mol. The maximum atomic E-state index is 13.1. The van der Waals surface area contributed by atoms with Gasteiger partial charge >= 0.3 is 12.1 Å². The van der Waals surface area contributed by atoms with Crippen molar-refractivity contribution in [1.82, 2.24) is 15.0 Å². The van der Waals surface area contributed by atoms with Crippen LogP contribution in [0.5, 0.6) is 0 Å². The average molecular weight is 299 g/mol. The van der Waals surface area contributed by atoms with Crippen LogP contribution in [0.15, 0.2) is 24.3 Å². The minimum atomic E-state index is -4.57. The summed E-state index contributed by atoms with van der Waals surface area (Å²) in [4.78, 5) is 11.1. The quantitative estimate of drug-likeness (QED) is 0.945. The number of aromatic carboxylic acids is 1. The van der Waals surface area contributed by atoms with Crippen LogP contribution in [-0.4, -0.2) is 26.1 Å². The number of nitrogens with zero attached hydrogens (tertiary/aromatic N) is 3. The van der Waals surface area contributed by atoms with Crippen molar-refractivity contribution in [1.29, 1.82) is 0 Å². The standard InChI is InChI=1S/C13H12F3N3O2/c1-7(2)11-10(12(20)21)17-18-19(11)9-6-4-3-5-8(9)13(14,15)16/h3-7H,1-2H3,(H,20,21). The number of hydrogen-bond donors (Lipinski definition) is 1. The van der Waals surface area contributed by atoms with Crippen LogP contribution >= 0.6 is 0 Å². The molecular formula is C13H12F3N3O2. The van der Waals surface area contributed by atoms with E-state index in [1.54, 1.807) is 13.8 Å². The molecule has 0 saturated heterocycles. The normalized spacial score (nSPS) is 11.9. The van der Waals surface area contributed by atoms with Gasteiger partial charge in [0, 0.05) is 0 Å². The summed E-state index contributed by atoms with van der Waals surface area (Å²) in [6, 6.07) is 4.84. The average Bonchev–Trinajstić information content (AvgIpc) is 2.82. The first-order chi connectivity index (χ1) is 9.73. The van der Waals surface area contributed by atoms with Gasteiger partial charge in [0.05, 0.1) is 16.9 Å². The molecule has 1 aromatic heterocycles. The van der Waals surface area contributed by atoms with Crippen molar-refractivity contribution < 1.29 is 23.1 Å². The molecule has 1 heterocycles. The van der Waals surface area contributed by atoms with Crippen molar-refractivity contribution >= 4 is 5.97 Å². The molecule has 0 unspecified atom stereocenters. The first kappa shape index (κ1) is 15.0. The van der Waals surface area contributed by atoms with Gasteiger partial charge in [-0.05, 0) is 18.1 Å². The third-order valence-corrected chi connectivity index (χ3v) is 2.89. The lowest BCUT2D eigenvalue weighted by Crippen LogP contribution is -2.14. The van der Waals surface area contributed by atoms with E-state index >= 15 is 0 Å². The number of carbonyl (C=O) groups is 1. The number of rotatable bonds is 3. The van der Waals surface area contributed by atoms with E-state index in [1.807, 2.05) is 0 Å². The van der Waals surface area contributed by atoms with Crippen molar-refractivity contribution in [3.05, 3.63) is 41.2 Å². The van der Waals surface area contributed by atoms with Crippen molar-refractivity contribution in [2.45, 2.75) is 25.9 Å². The lowest BCUT2D eigenvalue weighted by molar-refractivity contribution is -0.137. The van der Waals surface area contributed by atoms with Gasteiger partial charge in [0.2, 0.25) is 0 Å². The summed E-state index contributed by atoms with van der Waals surface area (Å²) in [6.45, 7) is 3.33. The van der Waals surface area contributed by atoms with Gasteiger partial charge in [0.25, 0.3) is 0 Å². The molecule has 5 nitrogen and oxygen atoms in total. The molecule has 0 spiro atoms. The number of aromatic nitrogens is 3. The minimum Gasteiger partial charge on any atom is -0.476 e. The zero-order valence-electron chi connectivity index (χ0n) is 11.2. The highest BCUT2D eigenvalue weighted by molar-refractivity contribution is 5.86. The number of benzene rings is 1. The largest absolute Gasteiger partial charge is 0.476 e. The van der Waals surface area contributed by atoms with E-state index in [1.165, 1.54) is 18.2 Å². The highest BCUT2D eigenvalue weighted by atomic mass is 19.4. The molecule has 0 aliphatic carbocycles. The lowest BCUT2D eigenvalue weighted by Gasteiger charge is -2.15. The molecule has 0 bridgehead atoms. The van der Waals surface area contributed by atoms with Crippen molar-refractivity contribution in [2.75, 3.05) is 0 Å². The van der Waals surface area contributed by atoms with Crippen LogP contribution in [0.3, 0.4) is 0 Å². The molecule has 0 atom stereocenters. The Morgan fingerprint density at radius 3 is 2.43 bits per heavy atom. The fourth-order valence-corrected chi connectivity index (χ4v) is 2.04. The molecule has 1 aromatic carbocycles. The molecule has 21 heavy (non-hydrogen) atoms. The van der Waals surface area contributed by atoms with Crippen LogP contribution in [0.2, 0.25) is 0 Å². The molecule has 112 valence electrons. The molecule has 0 fully saturated rings. The van der Waals surface area contributed by atoms with Crippen LogP contribution < -0.4 is 0 Å². The number of para-hydroxylation sites is 1. The van der Waals surface area contributed by atoms with E-state index in [0.717, 1.165) is 10.7 Å². The number of hydrogen-bond acceptors (Lipinski definition) is 3. The second-order valence-corrected chi connectivity index (χ2v) is 4.71. The zero-order chi connectivity index (χ0) is 15.8. The summed E-state index contributed by atoms with van der Waals surface area (Å²) in [5.41, 5.74) is -1.36. The highest BCUT2D eigenvalue weighted by Gasteiger charge is 2.35. The Balaban J connectivity index is 2.72. The molecule has 2 aromatic rings. The second kappa shape index (κ2) is 5.19. The van der Waals surface area contributed by atoms with E-state index in [9.17, 15) is 18.0 Å². The van der Waals surface area contributed by atoms with Gasteiger partial charge < -0.3 is 5.11 Å². The summed E-state index contributed by atoms with van der Waals surface area (Å²) in [6.07, 6.45) is -4.57. The molecule has 2 rings (SSSR count).